The van der Waals surface area contributed by atoms with E-state index < -0.39 is 0 Å². The van der Waals surface area contributed by atoms with E-state index in [-0.39, 0.29) is 0 Å². The van der Waals surface area contributed by atoms with Gasteiger partial charge in [-0.25, -0.2) is 0 Å². The lowest BCUT2D eigenvalue weighted by molar-refractivity contribution is 0.103. The van der Waals surface area contributed by atoms with Gasteiger partial charge in [0.15, 0.2) is 0 Å². The van der Waals surface area contributed by atoms with Crippen LogP contribution in [0.1, 0.15) is 54.4 Å². The van der Waals surface area contributed by atoms with Crippen molar-refractivity contribution in [3.63, 3.8) is 0 Å². The fourth-order valence-electron chi connectivity index (χ4n) is 2.05. The summed E-state index contributed by atoms with van der Waals surface area (Å²) in [7, 11) is 0. The Morgan fingerprint density at radius 2 is 1.79 bits per heavy atom. The predicted octanol–water partition coefficient (Wildman–Crippen LogP) is 3.79. The average Bonchev–Trinajstić information content (AvgIpc) is 2.20. The minimum Gasteiger partial charge on any atom is -0.303 e. The molecular weight excluding hydrogens is 170 g/mol. The fourth-order valence-corrected chi connectivity index (χ4v) is 2.05. The van der Waals surface area contributed by atoms with E-state index in [0.29, 0.717) is 5.41 Å². The number of piperidine rings is 1. The van der Waals surface area contributed by atoms with Crippen LogP contribution in [-0.4, -0.2) is 24.5 Å². The first-order valence-corrected chi connectivity index (χ1v) is 6.26. The third kappa shape index (κ3) is 4.45. The summed E-state index contributed by atoms with van der Waals surface area (Å²) in [4.78, 5) is 2.58. The van der Waals surface area contributed by atoms with Crippen molar-refractivity contribution < 1.29 is 0 Å². The molecular formula is C13H29N. The lowest BCUT2D eigenvalue weighted by Crippen LogP contribution is -2.40. The zero-order valence-electron chi connectivity index (χ0n) is 11.1. The van der Waals surface area contributed by atoms with Crippen molar-refractivity contribution in [2.24, 2.45) is 11.3 Å². The average molecular weight is 199 g/mol. The Morgan fingerprint density at radius 3 is 2.21 bits per heavy atom. The summed E-state index contributed by atoms with van der Waals surface area (Å²) < 4.78 is 0. The smallest absolute Gasteiger partial charge is 0.00145 e. The highest BCUT2D eigenvalue weighted by molar-refractivity contribution is 4.80. The lowest BCUT2D eigenvalue weighted by atomic mass is 9.76. The van der Waals surface area contributed by atoms with Gasteiger partial charge in [0.05, 0.1) is 0 Å². The zero-order valence-corrected chi connectivity index (χ0v) is 11.1. The third-order valence-corrected chi connectivity index (χ3v) is 3.18. The Bertz CT molecular complexity index is 135. The molecule has 1 heteroatoms. The van der Waals surface area contributed by atoms with Gasteiger partial charge in [0.2, 0.25) is 0 Å². The standard InChI is InChI=1S/C11H23N.C2H6/c1-5-12-8-6-7-10(9-12)11(2,3)4;1-2/h10H,5-9H2,1-4H3;1-2H3. The van der Waals surface area contributed by atoms with Crippen molar-refractivity contribution >= 4 is 0 Å². The summed E-state index contributed by atoms with van der Waals surface area (Å²) in [5, 5.41) is 0. The molecule has 86 valence electrons. The van der Waals surface area contributed by atoms with E-state index >= 15 is 0 Å². The third-order valence-electron chi connectivity index (χ3n) is 3.18. The van der Waals surface area contributed by atoms with E-state index in [9.17, 15) is 0 Å². The van der Waals surface area contributed by atoms with Crippen LogP contribution in [0.2, 0.25) is 0 Å². The maximum atomic E-state index is 2.58. The number of nitrogens with zero attached hydrogens (tertiary/aromatic N) is 1. The van der Waals surface area contributed by atoms with E-state index in [4.69, 9.17) is 0 Å². The van der Waals surface area contributed by atoms with Crippen molar-refractivity contribution in [2.45, 2.75) is 54.4 Å². The van der Waals surface area contributed by atoms with Gasteiger partial charge in [-0.15, -0.1) is 0 Å². The summed E-state index contributed by atoms with van der Waals surface area (Å²) in [5.74, 6) is 0.909. The van der Waals surface area contributed by atoms with Gasteiger partial charge in [-0.3, -0.25) is 0 Å². The zero-order chi connectivity index (χ0) is 11.2. The van der Waals surface area contributed by atoms with Crippen molar-refractivity contribution in [3.8, 4) is 0 Å². The Kier molecular flexibility index (Phi) is 6.43. The number of hydrogen-bond acceptors (Lipinski definition) is 1. The summed E-state index contributed by atoms with van der Waals surface area (Å²) in [6.07, 6.45) is 2.83. The summed E-state index contributed by atoms with van der Waals surface area (Å²) in [6, 6.07) is 0. The van der Waals surface area contributed by atoms with Gasteiger partial charge in [-0.2, -0.15) is 0 Å². The minimum absolute atomic E-state index is 0.508. The molecule has 1 nitrogen and oxygen atoms in total. The van der Waals surface area contributed by atoms with Crippen LogP contribution in [-0.2, 0) is 0 Å². The van der Waals surface area contributed by atoms with Crippen LogP contribution in [0.3, 0.4) is 0 Å². The molecule has 0 aromatic rings. The molecule has 0 amide bonds. The van der Waals surface area contributed by atoms with E-state index in [1.54, 1.807) is 0 Å². The maximum absolute atomic E-state index is 2.58. The maximum Gasteiger partial charge on any atom is 0.00145 e. The molecule has 0 aliphatic carbocycles. The van der Waals surface area contributed by atoms with Gasteiger partial charge < -0.3 is 4.90 Å². The van der Waals surface area contributed by atoms with E-state index in [1.165, 1.54) is 32.5 Å². The summed E-state index contributed by atoms with van der Waals surface area (Å²) >= 11 is 0. The second kappa shape index (κ2) is 6.44. The first-order valence-electron chi connectivity index (χ1n) is 6.26. The molecule has 0 aromatic heterocycles. The molecule has 0 spiro atoms. The Labute approximate surface area is 90.9 Å². The van der Waals surface area contributed by atoms with Crippen LogP contribution < -0.4 is 0 Å². The largest absolute Gasteiger partial charge is 0.303 e. The van der Waals surface area contributed by atoms with Gasteiger partial charge in [0.25, 0.3) is 0 Å². The second-order valence-electron chi connectivity index (χ2n) is 5.10. The predicted molar refractivity (Wildman–Crippen MR) is 65.6 cm³/mol. The summed E-state index contributed by atoms with van der Waals surface area (Å²) in [6.45, 7) is 17.3. The molecule has 0 N–H and O–H groups in total. The van der Waals surface area contributed by atoms with Crippen LogP contribution in [0.25, 0.3) is 0 Å². The van der Waals surface area contributed by atoms with E-state index in [2.05, 4.69) is 32.6 Å². The second-order valence-corrected chi connectivity index (χ2v) is 5.10. The summed E-state index contributed by atoms with van der Waals surface area (Å²) in [5.41, 5.74) is 0.508. The van der Waals surface area contributed by atoms with Crippen molar-refractivity contribution in [2.75, 3.05) is 19.6 Å². The van der Waals surface area contributed by atoms with Crippen molar-refractivity contribution in [3.05, 3.63) is 0 Å². The van der Waals surface area contributed by atoms with E-state index in [0.717, 1.165) is 5.92 Å². The van der Waals surface area contributed by atoms with Gasteiger partial charge in [0.1, 0.15) is 0 Å². The number of likely N-dealkylation sites (tertiary alicyclic amines) is 1. The molecule has 0 saturated carbocycles. The fraction of sp³-hybridized carbons (Fsp3) is 1.00. The van der Waals surface area contributed by atoms with Crippen LogP contribution >= 0.6 is 0 Å². The molecule has 14 heavy (non-hydrogen) atoms. The highest BCUT2D eigenvalue weighted by atomic mass is 15.1. The Morgan fingerprint density at radius 1 is 1.21 bits per heavy atom. The number of hydrogen-bond donors (Lipinski definition) is 0. The first kappa shape index (κ1) is 14.0. The molecule has 1 unspecified atom stereocenters. The highest BCUT2D eigenvalue weighted by Crippen LogP contribution is 2.32. The lowest BCUT2D eigenvalue weighted by Gasteiger charge is -2.39. The van der Waals surface area contributed by atoms with Gasteiger partial charge >= 0.3 is 0 Å². The first-order chi connectivity index (χ1) is 6.54. The Balaban J connectivity index is 0.000000791. The quantitative estimate of drug-likeness (QED) is 0.621. The van der Waals surface area contributed by atoms with Crippen LogP contribution in [0.15, 0.2) is 0 Å². The molecule has 1 heterocycles. The van der Waals surface area contributed by atoms with Crippen LogP contribution in [0.5, 0.6) is 0 Å². The van der Waals surface area contributed by atoms with Gasteiger partial charge in [-0.05, 0) is 37.3 Å². The number of rotatable bonds is 1. The van der Waals surface area contributed by atoms with Crippen molar-refractivity contribution in [1.82, 2.24) is 4.90 Å². The molecule has 1 fully saturated rings. The molecule has 1 aliphatic heterocycles. The monoisotopic (exact) mass is 199 g/mol. The van der Waals surface area contributed by atoms with Gasteiger partial charge in [0, 0.05) is 6.54 Å². The van der Waals surface area contributed by atoms with Crippen molar-refractivity contribution in [1.29, 1.82) is 0 Å². The molecule has 1 atom stereocenters. The Hall–Kier alpha value is -0.0400. The van der Waals surface area contributed by atoms with Gasteiger partial charge in [-0.1, -0.05) is 41.5 Å². The van der Waals surface area contributed by atoms with Crippen LogP contribution in [0, 0.1) is 11.3 Å². The van der Waals surface area contributed by atoms with Crippen LogP contribution in [0.4, 0.5) is 0 Å². The molecule has 0 aromatic carbocycles. The highest BCUT2D eigenvalue weighted by Gasteiger charge is 2.28. The van der Waals surface area contributed by atoms with E-state index in [1.807, 2.05) is 13.8 Å². The SMILES string of the molecule is CC.CCN1CCCC(C(C)(C)C)C1. The molecule has 0 bridgehead atoms. The minimum atomic E-state index is 0.508. The normalized spacial score (nSPS) is 24.0. The topological polar surface area (TPSA) is 3.24 Å². The molecule has 1 rings (SSSR count). The molecule has 0 radical (unpaired) electrons. The molecule has 1 saturated heterocycles. The molecule has 1 aliphatic rings.